The van der Waals surface area contributed by atoms with Crippen LogP contribution < -0.4 is 19.6 Å². The number of ether oxygens (including phenoxy) is 6. The molecule has 4 saturated heterocycles. The van der Waals surface area contributed by atoms with E-state index in [-0.39, 0.29) is 120 Å². The van der Waals surface area contributed by atoms with Crippen LogP contribution in [0.4, 0.5) is 41.9 Å². The van der Waals surface area contributed by atoms with Crippen molar-refractivity contribution in [3.63, 3.8) is 0 Å². The van der Waals surface area contributed by atoms with Crippen LogP contribution in [0.15, 0.2) is 72.8 Å². The van der Waals surface area contributed by atoms with Gasteiger partial charge in [0.2, 0.25) is 23.6 Å². The van der Waals surface area contributed by atoms with Crippen molar-refractivity contribution in [1.82, 2.24) is 39.1 Å². The first-order chi connectivity index (χ1) is 55.5. The maximum absolute atomic E-state index is 13.9. The molecule has 8 amide bonds. The number of amides is 8. The second kappa shape index (κ2) is 34.9. The highest BCUT2D eigenvalue weighted by Gasteiger charge is 2.65. The maximum atomic E-state index is 13.9. The number of imidazole rings is 2. The number of aryl methyl sites for hydroxylation is 3. The first kappa shape index (κ1) is 84.9. The van der Waals surface area contributed by atoms with E-state index < -0.39 is 52.3 Å². The number of unbranched alkanes of at least 4 members (excludes halogenated alkanes) is 1. The molecule has 6 aromatic rings. The Hall–Kier alpha value is -9.03. The number of H-pyrrole nitrogens is 1. The number of aldehydes is 1. The molecule has 4 aromatic carbocycles. The van der Waals surface area contributed by atoms with Gasteiger partial charge in [0.1, 0.15) is 39.6 Å². The molecule has 622 valence electrons. The fraction of sp³-hybridized carbons (Fsp3) is 0.536. The highest BCUT2D eigenvalue weighted by atomic mass is 35.5. The number of nitrogens with one attached hydrogen (secondary N) is 1. The molecule has 0 radical (unpaired) electrons. The van der Waals surface area contributed by atoms with E-state index in [1.165, 1.54) is 32.5 Å². The van der Waals surface area contributed by atoms with Crippen molar-refractivity contribution in [3.05, 3.63) is 150 Å². The van der Waals surface area contributed by atoms with Gasteiger partial charge in [-0.05, 0) is 182 Å². The number of aromatic amines is 1. The first-order valence-corrected chi connectivity index (χ1v) is 41.7. The SMILES string of the molecule is CC(C)OC(=O)N1CC2(C1)C(=O)N(CC=O)c1cccc(Cl)c12.CC(C)OC(=O)N1CC2(C1)C(=O)N(Cc1nc3c([nH]1)CCCC3)c1cccc(Cl)c12.CC(C)OC(=O)N1CC2(C1)C(=O)N(Cc1nc3c(n1CCCCO)CCCC3)c1cccc(Cl)c12.CCOC(CN1C(=O)C2(CN(C(=O)OC(C)C)C2)c2c(Cl)cccc21)OCC. The van der Waals surface area contributed by atoms with Gasteiger partial charge in [0, 0.05) is 138 Å². The van der Waals surface area contributed by atoms with Crippen molar-refractivity contribution in [2.24, 2.45) is 0 Å². The average Bonchev–Trinajstić information content (AvgIpc) is 1.56. The summed E-state index contributed by atoms with van der Waals surface area (Å²) in [7, 11) is 0. The zero-order chi connectivity index (χ0) is 83.0. The minimum Gasteiger partial charge on any atom is -0.447 e. The van der Waals surface area contributed by atoms with Gasteiger partial charge < -0.3 is 87.1 Å². The smallest absolute Gasteiger partial charge is 0.410 e. The summed E-state index contributed by atoms with van der Waals surface area (Å²) in [6, 6.07) is 21.9. The Labute approximate surface area is 695 Å². The third-order valence-corrected chi connectivity index (χ3v) is 24.0. The van der Waals surface area contributed by atoms with Crippen LogP contribution in [0.2, 0.25) is 20.1 Å². The Morgan fingerprint density at radius 2 is 0.845 bits per heavy atom. The summed E-state index contributed by atoms with van der Waals surface area (Å²) in [5.74, 6) is 1.32. The van der Waals surface area contributed by atoms with Gasteiger partial charge in [-0.25, -0.2) is 29.1 Å². The number of hydrogen-bond acceptors (Lipinski definition) is 18. The van der Waals surface area contributed by atoms with E-state index in [0.29, 0.717) is 63.9 Å². The third-order valence-electron chi connectivity index (χ3n) is 22.7. The van der Waals surface area contributed by atoms with Crippen LogP contribution in [-0.2, 0) is 119 Å². The van der Waals surface area contributed by atoms with Crippen molar-refractivity contribution >= 4 is 123 Å². The standard InChI is InChI=1S/C26H33ClN4O4.C22H25ClN4O3.C20H27ClN2O5.C16H17ClN2O4/c1-17(2)35-25(34)29-15-26(16-29)23-18(27)8-7-11-21(23)31(24(26)33)14-22-28-19-9-3-4-10-20(19)30(22)12-5-6-13-32;1-13(2)30-21(29)26-11-22(12-26)19-14(23)6-5-9-17(19)27(20(22)28)10-18-24-15-7-3-4-8-16(15)25-18;1-5-26-16(27-6-2)10-23-15-9-7-8-14(21)17(15)20(18(23)24)11-22(12-20)19(25)28-13(3)4;1-10(2)23-15(22)18-8-16(9-18)13-11(17)4-3-5-12(13)19(6-7-20)14(16)21/h7-8,11,17,32H,3-6,9-10,12-16H2,1-2H3;5-6,9,13H,3-4,7-8,10-12H2,1-2H3,(H,24,25);7-9,13,16H,5-6,10-12H2,1-4H3;3-5,7,10H,6,8-9H2,1-2H3. The average molecular weight is 1680 g/mol. The van der Waals surface area contributed by atoms with Gasteiger partial charge >= 0.3 is 24.4 Å². The Bertz CT molecular complexity index is 4720. The number of carbonyl (C=O) groups is 9. The number of aliphatic hydroxyl groups is 1. The summed E-state index contributed by atoms with van der Waals surface area (Å²) in [5, 5.41) is 11.4. The predicted octanol–water partition coefficient (Wildman–Crippen LogP) is 12.6. The fourth-order valence-corrected chi connectivity index (χ4v) is 19.1. The molecule has 2 aliphatic carbocycles. The Morgan fingerprint density at radius 3 is 1.23 bits per heavy atom. The fourth-order valence-electron chi connectivity index (χ4n) is 17.7. The number of fused-ring (bicyclic) bond motifs is 10. The zero-order valence-electron chi connectivity index (χ0n) is 67.3. The molecule has 0 unspecified atom stereocenters. The van der Waals surface area contributed by atoms with Crippen LogP contribution in [-0.4, -0.2) is 214 Å². The molecule has 28 nitrogen and oxygen atoms in total. The van der Waals surface area contributed by atoms with Gasteiger partial charge in [0.25, 0.3) is 0 Å². The van der Waals surface area contributed by atoms with Gasteiger partial charge in [-0.3, -0.25) is 19.2 Å². The number of carbonyl (C=O) groups excluding carboxylic acids is 9. The molecule has 2 N–H and O–H groups in total. The van der Waals surface area contributed by atoms with E-state index in [9.17, 15) is 48.3 Å². The summed E-state index contributed by atoms with van der Waals surface area (Å²) in [4.78, 5) is 140. The van der Waals surface area contributed by atoms with E-state index in [1.54, 1.807) is 82.5 Å². The monoisotopic (exact) mass is 1670 g/mol. The van der Waals surface area contributed by atoms with Crippen molar-refractivity contribution in [3.8, 4) is 0 Å². The van der Waals surface area contributed by atoms with Gasteiger partial charge in [-0.15, -0.1) is 0 Å². The molecule has 4 fully saturated rings. The van der Waals surface area contributed by atoms with Crippen LogP contribution in [0, 0.1) is 0 Å². The second-order valence-corrected chi connectivity index (χ2v) is 33.8. The largest absolute Gasteiger partial charge is 0.447 e. The Morgan fingerprint density at radius 1 is 0.483 bits per heavy atom. The number of likely N-dealkylation sites (tertiary alicyclic amines) is 4. The molecule has 0 atom stereocenters. The van der Waals surface area contributed by atoms with Crippen molar-refractivity contribution in [2.45, 2.75) is 205 Å². The van der Waals surface area contributed by atoms with Crippen molar-refractivity contribution in [1.29, 1.82) is 0 Å². The number of benzene rings is 4. The molecule has 4 spiro atoms. The van der Waals surface area contributed by atoms with Crippen LogP contribution in [0.5, 0.6) is 0 Å². The summed E-state index contributed by atoms with van der Waals surface area (Å²) in [6.07, 6.45) is 7.79. The van der Waals surface area contributed by atoms with E-state index in [4.69, 9.17) is 84.8 Å². The number of anilines is 4. The lowest BCUT2D eigenvalue weighted by molar-refractivity contribution is -0.139. The Kier molecular flexibility index (Phi) is 25.5. The lowest BCUT2D eigenvalue weighted by atomic mass is 9.75. The molecule has 2 aromatic heterocycles. The molecule has 0 saturated carbocycles. The van der Waals surface area contributed by atoms with Crippen LogP contribution >= 0.6 is 46.4 Å². The van der Waals surface area contributed by atoms with E-state index in [1.807, 2.05) is 84.0 Å². The lowest BCUT2D eigenvalue weighted by Crippen LogP contribution is -2.65. The van der Waals surface area contributed by atoms with Crippen molar-refractivity contribution in [2.75, 3.05) is 105 Å². The quantitative estimate of drug-likeness (QED) is 0.0310. The van der Waals surface area contributed by atoms with Gasteiger partial charge in [0.05, 0.1) is 79.0 Å². The molecule has 16 rings (SSSR count). The zero-order valence-corrected chi connectivity index (χ0v) is 70.3. The summed E-state index contributed by atoms with van der Waals surface area (Å²) < 4.78 is 34.6. The molecular formula is C84H102Cl4N12O16. The molecular weight excluding hydrogens is 1570 g/mol. The number of aliphatic hydroxyl groups excluding tert-OH is 1. The van der Waals surface area contributed by atoms with Crippen molar-refractivity contribution < 1.29 is 76.7 Å². The molecule has 10 heterocycles. The molecule has 116 heavy (non-hydrogen) atoms. The third kappa shape index (κ3) is 15.9. The normalized spacial score (nSPS) is 18.2. The minimum absolute atomic E-state index is 0.0234. The molecule has 0 bridgehead atoms. The topological polar surface area (TPSA) is 302 Å². The molecule has 10 aliphatic rings. The summed E-state index contributed by atoms with van der Waals surface area (Å²) in [6.45, 7) is 23.0. The number of aromatic nitrogens is 4. The minimum atomic E-state index is -0.868. The van der Waals surface area contributed by atoms with Gasteiger partial charge in [-0.1, -0.05) is 70.7 Å². The van der Waals surface area contributed by atoms with Gasteiger partial charge in [0.15, 0.2) is 6.29 Å². The molecule has 32 heteroatoms. The number of nitrogens with zero attached hydrogens (tertiary/aromatic N) is 11. The summed E-state index contributed by atoms with van der Waals surface area (Å²) in [5.41, 5.74) is 7.40. The number of hydrogen-bond donors (Lipinski definition) is 2. The molecule has 8 aliphatic heterocycles. The van der Waals surface area contributed by atoms with Crippen LogP contribution in [0.3, 0.4) is 0 Å². The van der Waals surface area contributed by atoms with E-state index >= 15 is 0 Å². The first-order valence-electron chi connectivity index (χ1n) is 40.2. The van der Waals surface area contributed by atoms with Crippen LogP contribution in [0.25, 0.3) is 0 Å². The number of rotatable bonds is 20. The van der Waals surface area contributed by atoms with Crippen LogP contribution in [0.1, 0.15) is 164 Å². The second-order valence-electron chi connectivity index (χ2n) is 32.2. The number of halogens is 4. The van der Waals surface area contributed by atoms with E-state index in [0.717, 1.165) is 121 Å². The van der Waals surface area contributed by atoms with Gasteiger partial charge in [-0.2, -0.15) is 0 Å². The highest BCUT2D eigenvalue weighted by Crippen LogP contribution is 2.55. The van der Waals surface area contributed by atoms with E-state index in [2.05, 4.69) is 9.55 Å². The summed E-state index contributed by atoms with van der Waals surface area (Å²) >= 11 is 26.0. The Balaban J connectivity index is 0.000000136. The predicted molar refractivity (Wildman–Crippen MR) is 436 cm³/mol. The lowest BCUT2D eigenvalue weighted by Gasteiger charge is -2.46. The highest BCUT2D eigenvalue weighted by molar-refractivity contribution is 6.35. The maximum Gasteiger partial charge on any atom is 0.410 e.